The van der Waals surface area contributed by atoms with E-state index >= 15 is 0 Å². The zero-order valence-electron chi connectivity index (χ0n) is 12.0. The molecule has 6 heteroatoms. The molecule has 4 heterocycles. The van der Waals surface area contributed by atoms with Gasteiger partial charge >= 0.3 is 0 Å². The molecule has 4 rings (SSSR count). The number of pyridine rings is 4. The molecule has 0 spiro atoms. The van der Waals surface area contributed by atoms with Gasteiger partial charge in [-0.05, 0) is 30.3 Å². The van der Waals surface area contributed by atoms with Crippen LogP contribution in [0.1, 0.15) is 10.4 Å². The summed E-state index contributed by atoms with van der Waals surface area (Å²) in [7, 11) is 0. The van der Waals surface area contributed by atoms with Gasteiger partial charge in [0.2, 0.25) is 5.91 Å². The molecule has 0 radical (unpaired) electrons. The van der Waals surface area contributed by atoms with E-state index in [9.17, 15) is 4.79 Å². The molecule has 6 nitrogen and oxygen atoms in total. The molecule has 110 valence electrons. The lowest BCUT2D eigenvalue weighted by atomic mass is 10.1. The van der Waals surface area contributed by atoms with Crippen LogP contribution in [-0.4, -0.2) is 25.8 Å². The van der Waals surface area contributed by atoms with Gasteiger partial charge in [0.25, 0.3) is 0 Å². The third-order valence-corrected chi connectivity index (χ3v) is 3.63. The summed E-state index contributed by atoms with van der Waals surface area (Å²) < 4.78 is 0. The van der Waals surface area contributed by atoms with E-state index in [4.69, 9.17) is 5.73 Å². The molecule has 0 fully saturated rings. The summed E-state index contributed by atoms with van der Waals surface area (Å²) in [5.41, 5.74) is 8.61. The molecule has 0 aliphatic heterocycles. The second-order valence-electron chi connectivity index (χ2n) is 5.08. The van der Waals surface area contributed by atoms with Gasteiger partial charge in [-0.25, -0.2) is 9.97 Å². The molecule has 0 saturated carbocycles. The van der Waals surface area contributed by atoms with E-state index in [1.807, 2.05) is 18.2 Å². The summed E-state index contributed by atoms with van der Waals surface area (Å²) in [4.78, 5) is 29.0. The molecule has 4 aromatic heterocycles. The van der Waals surface area contributed by atoms with Crippen molar-refractivity contribution in [3.05, 3.63) is 60.7 Å². The quantitative estimate of drug-likeness (QED) is 0.613. The van der Waals surface area contributed by atoms with Crippen molar-refractivity contribution in [2.24, 2.45) is 5.73 Å². The molecule has 23 heavy (non-hydrogen) atoms. The second kappa shape index (κ2) is 5.10. The Kier molecular flexibility index (Phi) is 2.94. The summed E-state index contributed by atoms with van der Waals surface area (Å²) in [6.45, 7) is 0. The van der Waals surface area contributed by atoms with E-state index in [1.165, 1.54) is 0 Å². The van der Waals surface area contributed by atoms with Gasteiger partial charge < -0.3 is 5.73 Å². The average Bonchev–Trinajstić information content (AvgIpc) is 2.60. The lowest BCUT2D eigenvalue weighted by Gasteiger charge is -2.07. The standard InChI is InChI=1S/C17H11N5O/c18-17(23)11-7-16(22-14-4-6-20-9-12(11)14)15-2-1-10-8-19-5-3-13(10)21-15/h1-9H,(H2,18,23). The Bertz CT molecular complexity index is 1060. The number of nitrogens with zero attached hydrogens (tertiary/aromatic N) is 4. The van der Waals surface area contributed by atoms with Crippen molar-refractivity contribution in [2.75, 3.05) is 0 Å². The number of amides is 1. The van der Waals surface area contributed by atoms with E-state index < -0.39 is 5.91 Å². The minimum atomic E-state index is -0.517. The highest BCUT2D eigenvalue weighted by Crippen LogP contribution is 2.24. The third-order valence-electron chi connectivity index (χ3n) is 3.63. The number of nitrogens with two attached hydrogens (primary N) is 1. The monoisotopic (exact) mass is 301 g/mol. The van der Waals surface area contributed by atoms with Crippen LogP contribution in [0.25, 0.3) is 33.2 Å². The average molecular weight is 301 g/mol. The Morgan fingerprint density at radius 1 is 0.870 bits per heavy atom. The number of hydrogen-bond donors (Lipinski definition) is 1. The molecule has 0 aliphatic carbocycles. The van der Waals surface area contributed by atoms with Gasteiger partial charge in [-0.3, -0.25) is 14.8 Å². The normalized spacial score (nSPS) is 11.0. The SMILES string of the molecule is NC(=O)c1cc(-c2ccc3cnccc3n2)nc2ccncc12. The largest absolute Gasteiger partial charge is 0.366 e. The van der Waals surface area contributed by atoms with Crippen LogP contribution in [0.15, 0.2) is 55.1 Å². The van der Waals surface area contributed by atoms with Gasteiger partial charge in [-0.1, -0.05) is 0 Å². The maximum absolute atomic E-state index is 11.7. The minimum Gasteiger partial charge on any atom is -0.366 e. The molecule has 0 bridgehead atoms. The Labute approximate surface area is 131 Å². The lowest BCUT2D eigenvalue weighted by Crippen LogP contribution is -2.12. The van der Waals surface area contributed by atoms with Gasteiger partial charge in [0.1, 0.15) is 0 Å². The lowest BCUT2D eigenvalue weighted by molar-refractivity contribution is 0.100. The van der Waals surface area contributed by atoms with Crippen molar-refractivity contribution in [2.45, 2.75) is 0 Å². The maximum atomic E-state index is 11.7. The van der Waals surface area contributed by atoms with Crippen molar-refractivity contribution in [3.8, 4) is 11.4 Å². The summed E-state index contributed by atoms with van der Waals surface area (Å²) in [6, 6.07) is 9.01. The fraction of sp³-hybridized carbons (Fsp3) is 0. The third kappa shape index (κ3) is 2.26. The van der Waals surface area contributed by atoms with Crippen molar-refractivity contribution < 1.29 is 4.79 Å². The Hall–Kier alpha value is -3.41. The first-order valence-corrected chi connectivity index (χ1v) is 6.98. The first-order chi connectivity index (χ1) is 11.2. The highest BCUT2D eigenvalue weighted by molar-refractivity contribution is 6.06. The minimum absolute atomic E-state index is 0.384. The molecule has 0 unspecified atom stereocenters. The predicted octanol–water partition coefficient (Wildman–Crippen LogP) is 2.34. The molecular weight excluding hydrogens is 290 g/mol. The zero-order chi connectivity index (χ0) is 15.8. The van der Waals surface area contributed by atoms with Crippen LogP contribution in [-0.2, 0) is 0 Å². The molecule has 0 aromatic carbocycles. The number of primary amides is 1. The van der Waals surface area contributed by atoms with Crippen molar-refractivity contribution >= 4 is 27.7 Å². The fourth-order valence-electron chi connectivity index (χ4n) is 2.51. The van der Waals surface area contributed by atoms with Crippen LogP contribution >= 0.6 is 0 Å². The van der Waals surface area contributed by atoms with Gasteiger partial charge in [-0.2, -0.15) is 0 Å². The Morgan fingerprint density at radius 2 is 1.61 bits per heavy atom. The zero-order valence-corrected chi connectivity index (χ0v) is 12.0. The second-order valence-corrected chi connectivity index (χ2v) is 5.08. The highest BCUT2D eigenvalue weighted by atomic mass is 16.1. The molecule has 0 aliphatic rings. The van der Waals surface area contributed by atoms with Crippen molar-refractivity contribution in [3.63, 3.8) is 0 Å². The number of fused-ring (bicyclic) bond motifs is 2. The first-order valence-electron chi connectivity index (χ1n) is 6.98. The van der Waals surface area contributed by atoms with Gasteiger partial charge in [0.05, 0.1) is 28.0 Å². The number of aromatic nitrogens is 4. The van der Waals surface area contributed by atoms with E-state index in [1.54, 1.807) is 36.9 Å². The van der Waals surface area contributed by atoms with Gasteiger partial charge in [0.15, 0.2) is 0 Å². The van der Waals surface area contributed by atoms with Gasteiger partial charge in [0, 0.05) is 35.6 Å². The van der Waals surface area contributed by atoms with Crippen LogP contribution < -0.4 is 5.73 Å². The smallest absolute Gasteiger partial charge is 0.249 e. The van der Waals surface area contributed by atoms with Crippen LogP contribution in [0.2, 0.25) is 0 Å². The maximum Gasteiger partial charge on any atom is 0.249 e. The number of hydrogen-bond acceptors (Lipinski definition) is 5. The predicted molar refractivity (Wildman–Crippen MR) is 86.6 cm³/mol. The molecule has 4 aromatic rings. The molecular formula is C17H11N5O. The number of carbonyl (C=O) groups excluding carboxylic acids is 1. The van der Waals surface area contributed by atoms with Crippen molar-refractivity contribution in [1.82, 2.24) is 19.9 Å². The molecule has 0 atom stereocenters. The summed E-state index contributed by atoms with van der Waals surface area (Å²) in [6.07, 6.45) is 6.66. The van der Waals surface area contributed by atoms with E-state index in [0.717, 1.165) is 10.9 Å². The Balaban J connectivity index is 1.98. The Morgan fingerprint density at radius 3 is 2.43 bits per heavy atom. The van der Waals surface area contributed by atoms with Crippen molar-refractivity contribution in [1.29, 1.82) is 0 Å². The van der Waals surface area contributed by atoms with Crippen LogP contribution in [0.4, 0.5) is 0 Å². The van der Waals surface area contributed by atoms with Crippen LogP contribution in [0.3, 0.4) is 0 Å². The fourth-order valence-corrected chi connectivity index (χ4v) is 2.51. The van der Waals surface area contributed by atoms with E-state index in [-0.39, 0.29) is 0 Å². The summed E-state index contributed by atoms with van der Waals surface area (Å²) in [5.74, 6) is -0.517. The van der Waals surface area contributed by atoms with E-state index in [0.29, 0.717) is 27.9 Å². The highest BCUT2D eigenvalue weighted by Gasteiger charge is 2.12. The number of rotatable bonds is 2. The summed E-state index contributed by atoms with van der Waals surface area (Å²) >= 11 is 0. The van der Waals surface area contributed by atoms with Crippen LogP contribution in [0.5, 0.6) is 0 Å². The first kappa shape index (κ1) is 13.3. The van der Waals surface area contributed by atoms with Crippen LogP contribution in [0, 0.1) is 0 Å². The van der Waals surface area contributed by atoms with E-state index in [2.05, 4.69) is 19.9 Å². The molecule has 1 amide bonds. The number of carbonyl (C=O) groups is 1. The summed E-state index contributed by atoms with van der Waals surface area (Å²) in [5, 5.41) is 1.57. The molecule has 2 N–H and O–H groups in total. The molecule has 0 saturated heterocycles. The van der Waals surface area contributed by atoms with Gasteiger partial charge in [-0.15, -0.1) is 0 Å². The topological polar surface area (TPSA) is 94.7 Å².